The number of alkyl halides is 2. The molecule has 0 aromatic heterocycles. The van der Waals surface area contributed by atoms with Gasteiger partial charge in [0.15, 0.2) is 0 Å². The maximum atomic E-state index is 12.2. The number of hydrogen-bond donors (Lipinski definition) is 1. The lowest BCUT2D eigenvalue weighted by Gasteiger charge is -2.31. The van der Waals surface area contributed by atoms with Crippen LogP contribution in [0.1, 0.15) is 24.3 Å². The van der Waals surface area contributed by atoms with Gasteiger partial charge in [0.05, 0.1) is 6.54 Å². The summed E-state index contributed by atoms with van der Waals surface area (Å²) in [5.41, 5.74) is 1.27. The van der Waals surface area contributed by atoms with Crippen LogP contribution < -0.4 is 0 Å². The maximum Gasteiger partial charge on any atom is 0.251 e. The largest absolute Gasteiger partial charge is 0.400 e. The predicted octanol–water partition coefficient (Wildman–Crippen LogP) is 3.39. The number of rotatable bonds is 3. The molecule has 1 saturated heterocycles. The molecule has 0 aliphatic carbocycles. The third-order valence-electron chi connectivity index (χ3n) is 3.33. The van der Waals surface area contributed by atoms with Crippen LogP contribution in [0.15, 0.2) is 24.3 Å². The van der Waals surface area contributed by atoms with E-state index in [1.807, 2.05) is 29.2 Å². The molecule has 1 aromatic carbocycles. The molecule has 1 aliphatic rings. The van der Waals surface area contributed by atoms with E-state index < -0.39 is 6.43 Å². The van der Waals surface area contributed by atoms with Crippen LogP contribution in [0.2, 0.25) is 5.02 Å². The van der Waals surface area contributed by atoms with E-state index in [4.69, 9.17) is 16.7 Å². The van der Waals surface area contributed by atoms with Crippen molar-refractivity contribution in [3.05, 3.63) is 34.9 Å². The highest BCUT2D eigenvalue weighted by atomic mass is 35.5. The monoisotopic (exact) mass is 291 g/mol. The van der Waals surface area contributed by atoms with Gasteiger partial charge in [-0.3, -0.25) is 4.90 Å². The van der Waals surface area contributed by atoms with Crippen molar-refractivity contribution in [2.75, 3.05) is 26.7 Å². The molecule has 1 fully saturated rings. The minimum atomic E-state index is -2.22. The van der Waals surface area contributed by atoms with Gasteiger partial charge in [-0.1, -0.05) is 23.7 Å². The summed E-state index contributed by atoms with van der Waals surface area (Å²) in [6.07, 6.45) is -0.315. The van der Waals surface area contributed by atoms with Crippen LogP contribution in [0.3, 0.4) is 0 Å². The Labute approximate surface area is 118 Å². The first kappa shape index (κ1) is 16.3. The highest BCUT2D eigenvalue weighted by Crippen LogP contribution is 2.28. The molecule has 0 amide bonds. The molecule has 19 heavy (non-hydrogen) atoms. The first-order valence-electron chi connectivity index (χ1n) is 6.36. The molecule has 1 heterocycles. The number of nitrogens with zero attached hydrogens (tertiary/aromatic N) is 1. The SMILES string of the molecule is CO.FC(F)CN1CCC(c2ccc(Cl)cc2)CC1. The molecule has 1 aliphatic heterocycles. The number of likely N-dealkylation sites (tertiary alicyclic amines) is 1. The van der Waals surface area contributed by atoms with Crippen LogP contribution in [-0.4, -0.2) is 43.2 Å². The highest BCUT2D eigenvalue weighted by Gasteiger charge is 2.22. The van der Waals surface area contributed by atoms with E-state index in [2.05, 4.69) is 0 Å². The Kier molecular flexibility index (Phi) is 7.28. The number of halogens is 3. The number of piperidine rings is 1. The van der Waals surface area contributed by atoms with Crippen molar-refractivity contribution >= 4 is 11.6 Å². The molecule has 5 heteroatoms. The van der Waals surface area contributed by atoms with Crippen LogP contribution in [0.5, 0.6) is 0 Å². The Morgan fingerprint density at radius 2 is 1.74 bits per heavy atom. The second-order valence-corrected chi connectivity index (χ2v) is 4.95. The minimum absolute atomic E-state index is 0.0899. The molecule has 2 rings (SSSR count). The smallest absolute Gasteiger partial charge is 0.251 e. The summed E-state index contributed by atoms with van der Waals surface area (Å²) in [5.74, 6) is 0.487. The van der Waals surface area contributed by atoms with Crippen molar-refractivity contribution in [3.63, 3.8) is 0 Å². The van der Waals surface area contributed by atoms with Crippen molar-refractivity contribution in [2.45, 2.75) is 25.2 Å². The molecule has 1 N–H and O–H groups in total. The van der Waals surface area contributed by atoms with Crippen molar-refractivity contribution < 1.29 is 13.9 Å². The summed E-state index contributed by atoms with van der Waals surface area (Å²) in [5, 5.41) is 7.74. The summed E-state index contributed by atoms with van der Waals surface area (Å²) < 4.78 is 24.5. The van der Waals surface area contributed by atoms with Gasteiger partial charge in [-0.15, -0.1) is 0 Å². The lowest BCUT2D eigenvalue weighted by Crippen LogP contribution is -2.36. The molecule has 108 valence electrons. The third-order valence-corrected chi connectivity index (χ3v) is 3.58. The minimum Gasteiger partial charge on any atom is -0.400 e. The van der Waals surface area contributed by atoms with E-state index in [1.165, 1.54) is 5.56 Å². The Hall–Kier alpha value is -0.710. The van der Waals surface area contributed by atoms with Crippen molar-refractivity contribution in [1.29, 1.82) is 0 Å². The standard InChI is InChI=1S/C13H16ClF2N.CH4O/c14-12-3-1-10(2-4-12)11-5-7-17(8-6-11)9-13(15)16;1-2/h1-4,11,13H,5-9H2;2H,1H3. The number of benzene rings is 1. The van der Waals surface area contributed by atoms with E-state index in [0.29, 0.717) is 5.92 Å². The van der Waals surface area contributed by atoms with Gasteiger partial charge in [0.25, 0.3) is 6.43 Å². The number of aliphatic hydroxyl groups is 1. The van der Waals surface area contributed by atoms with E-state index in [9.17, 15) is 8.78 Å². The normalized spacial score (nSPS) is 17.2. The molecule has 0 unspecified atom stereocenters. The fraction of sp³-hybridized carbons (Fsp3) is 0.571. The van der Waals surface area contributed by atoms with Crippen molar-refractivity contribution in [1.82, 2.24) is 4.90 Å². The topological polar surface area (TPSA) is 23.5 Å². The molecule has 0 saturated carbocycles. The van der Waals surface area contributed by atoms with Crippen molar-refractivity contribution in [2.24, 2.45) is 0 Å². The van der Waals surface area contributed by atoms with Crippen molar-refractivity contribution in [3.8, 4) is 0 Å². The Balaban J connectivity index is 0.000000861. The van der Waals surface area contributed by atoms with Gasteiger partial charge in [0.2, 0.25) is 0 Å². The first-order chi connectivity index (χ1) is 9.15. The van der Waals surface area contributed by atoms with Crippen LogP contribution in [0.25, 0.3) is 0 Å². The number of aliphatic hydroxyl groups excluding tert-OH is 1. The Morgan fingerprint density at radius 1 is 1.21 bits per heavy atom. The van der Waals surface area contributed by atoms with Gasteiger partial charge in [-0.2, -0.15) is 0 Å². The van der Waals surface area contributed by atoms with Gasteiger partial charge in [-0.25, -0.2) is 8.78 Å². The van der Waals surface area contributed by atoms with Crippen LogP contribution in [0, 0.1) is 0 Å². The zero-order chi connectivity index (χ0) is 14.3. The quantitative estimate of drug-likeness (QED) is 0.923. The fourth-order valence-corrected chi connectivity index (χ4v) is 2.50. The first-order valence-corrected chi connectivity index (χ1v) is 6.73. The zero-order valence-electron chi connectivity index (χ0n) is 11.0. The Bertz CT molecular complexity index is 351. The van der Waals surface area contributed by atoms with Gasteiger partial charge in [0, 0.05) is 12.1 Å². The van der Waals surface area contributed by atoms with E-state index in [0.717, 1.165) is 38.1 Å². The summed E-state index contributed by atoms with van der Waals surface area (Å²) in [4.78, 5) is 1.84. The van der Waals surface area contributed by atoms with E-state index in [1.54, 1.807) is 0 Å². The van der Waals surface area contributed by atoms with Crippen LogP contribution in [-0.2, 0) is 0 Å². The molecule has 1 aromatic rings. The number of hydrogen-bond acceptors (Lipinski definition) is 2. The molecule has 0 atom stereocenters. The molecular weight excluding hydrogens is 272 g/mol. The molecule has 2 nitrogen and oxygen atoms in total. The zero-order valence-corrected chi connectivity index (χ0v) is 11.8. The van der Waals surface area contributed by atoms with Gasteiger partial charge in [0.1, 0.15) is 0 Å². The lowest BCUT2D eigenvalue weighted by atomic mass is 9.89. The Morgan fingerprint density at radius 3 is 2.21 bits per heavy atom. The molecule has 0 spiro atoms. The van der Waals surface area contributed by atoms with Crippen LogP contribution in [0.4, 0.5) is 8.78 Å². The second-order valence-electron chi connectivity index (χ2n) is 4.52. The maximum absolute atomic E-state index is 12.2. The van der Waals surface area contributed by atoms with E-state index >= 15 is 0 Å². The summed E-state index contributed by atoms with van der Waals surface area (Å²) >= 11 is 5.84. The summed E-state index contributed by atoms with van der Waals surface area (Å²) in [6, 6.07) is 7.86. The second kappa shape index (κ2) is 8.46. The lowest BCUT2D eigenvalue weighted by molar-refractivity contribution is 0.0754. The van der Waals surface area contributed by atoms with Gasteiger partial charge in [-0.05, 0) is 49.5 Å². The van der Waals surface area contributed by atoms with Crippen LogP contribution >= 0.6 is 11.6 Å². The highest BCUT2D eigenvalue weighted by molar-refractivity contribution is 6.30. The van der Waals surface area contributed by atoms with E-state index in [-0.39, 0.29) is 6.54 Å². The fourth-order valence-electron chi connectivity index (χ4n) is 2.38. The summed E-state index contributed by atoms with van der Waals surface area (Å²) in [6.45, 7) is 1.43. The average molecular weight is 292 g/mol. The molecule has 0 radical (unpaired) electrons. The van der Waals surface area contributed by atoms with Gasteiger partial charge < -0.3 is 5.11 Å². The summed E-state index contributed by atoms with van der Waals surface area (Å²) in [7, 11) is 1.00. The third kappa shape index (κ3) is 5.43. The predicted molar refractivity (Wildman–Crippen MR) is 74.0 cm³/mol. The van der Waals surface area contributed by atoms with Gasteiger partial charge >= 0.3 is 0 Å². The average Bonchev–Trinajstić information content (AvgIpc) is 2.42. The molecule has 0 bridgehead atoms. The molecular formula is C14H20ClF2NO.